The van der Waals surface area contributed by atoms with Crippen LogP contribution in [0.5, 0.6) is 0 Å². The summed E-state index contributed by atoms with van der Waals surface area (Å²) in [6, 6.07) is 8.57. The number of carbonyl (C=O) groups is 6. The third kappa shape index (κ3) is 4.54. The highest BCUT2D eigenvalue weighted by Crippen LogP contribution is 2.41. The molecule has 3 aromatic heterocycles. The minimum Gasteiger partial charge on any atom is -0.268 e. The number of nitrogens with zero attached hydrogens (tertiary/aromatic N) is 4. The second-order valence-corrected chi connectivity index (χ2v) is 11.8. The number of barbiturate groups is 2. The van der Waals surface area contributed by atoms with Crippen LogP contribution < -0.4 is 0 Å². The summed E-state index contributed by atoms with van der Waals surface area (Å²) in [6.07, 6.45) is 0. The van der Waals surface area contributed by atoms with Crippen LogP contribution >= 0.6 is 34.0 Å². The Morgan fingerprint density at radius 1 is 0.513 bits per heavy atom. The van der Waals surface area contributed by atoms with Crippen molar-refractivity contribution in [1.82, 2.24) is 19.6 Å². The summed E-state index contributed by atoms with van der Waals surface area (Å²) < 4.78 is 17.0. The van der Waals surface area contributed by atoms with Gasteiger partial charge in [0.05, 0.1) is 2.74 Å². The van der Waals surface area contributed by atoms with Gasteiger partial charge < -0.3 is 0 Å². The first kappa shape index (κ1) is 23.9. The molecular weight excluding hydrogens is 561 g/mol. The second-order valence-electron chi connectivity index (χ2n) is 8.51. The van der Waals surface area contributed by atoms with Crippen LogP contribution in [0, 0.1) is 0 Å². The number of hydrogen-bond acceptors (Lipinski definition) is 9. The van der Waals surface area contributed by atoms with Gasteiger partial charge in [0.15, 0.2) is 0 Å². The molecule has 3 aromatic rings. The van der Waals surface area contributed by atoms with Gasteiger partial charge in [-0.2, -0.15) is 0 Å². The molecule has 2 aliphatic heterocycles. The van der Waals surface area contributed by atoms with Crippen LogP contribution in [0.3, 0.4) is 0 Å². The van der Waals surface area contributed by atoms with Crippen molar-refractivity contribution in [2.75, 3.05) is 28.2 Å². The molecule has 2 aliphatic rings. The summed E-state index contributed by atoms with van der Waals surface area (Å²) >= 11 is 3.89. The quantitative estimate of drug-likeness (QED) is 0.338. The van der Waals surface area contributed by atoms with E-state index in [2.05, 4.69) is 0 Å². The molecule has 39 heavy (non-hydrogen) atoms. The molecule has 8 amide bonds. The zero-order valence-electron chi connectivity index (χ0n) is 22.9. The summed E-state index contributed by atoms with van der Waals surface area (Å²) in [5.74, 6) is -3.30. The van der Waals surface area contributed by atoms with E-state index >= 15 is 0 Å². The molecule has 198 valence electrons. The molecule has 13 heteroatoms. The first-order valence-electron chi connectivity index (χ1n) is 12.3. The number of amides is 8. The zero-order chi connectivity index (χ0) is 29.9. The summed E-state index contributed by atoms with van der Waals surface area (Å²) in [4.78, 5) is 81.7. The van der Waals surface area contributed by atoms with E-state index in [9.17, 15) is 28.8 Å². The summed E-state index contributed by atoms with van der Waals surface area (Å²) in [5.41, 5.74) is -0.754. The fourth-order valence-corrected chi connectivity index (χ4v) is 6.80. The van der Waals surface area contributed by atoms with Gasteiger partial charge in [0.1, 0.15) is 11.1 Å². The van der Waals surface area contributed by atoms with E-state index in [1.807, 2.05) is 12.1 Å². The lowest BCUT2D eigenvalue weighted by Crippen LogP contribution is -2.52. The van der Waals surface area contributed by atoms with Crippen molar-refractivity contribution in [3.63, 3.8) is 0 Å². The van der Waals surface area contributed by atoms with Gasteiger partial charge in [0.25, 0.3) is 23.6 Å². The summed E-state index contributed by atoms with van der Waals surface area (Å²) in [7, 11) is 5.03. The van der Waals surface area contributed by atoms with Crippen LogP contribution in [-0.2, 0) is 19.2 Å². The lowest BCUT2D eigenvalue weighted by Gasteiger charge is -2.28. The molecule has 0 aliphatic carbocycles. The van der Waals surface area contributed by atoms with Crippen molar-refractivity contribution in [3.8, 4) is 19.5 Å². The van der Waals surface area contributed by atoms with E-state index in [4.69, 9.17) is 2.74 Å². The Labute approximate surface area is 237 Å². The van der Waals surface area contributed by atoms with E-state index in [0.29, 0.717) is 9.75 Å². The minimum absolute atomic E-state index is 0.261. The van der Waals surface area contributed by atoms with Gasteiger partial charge in [0, 0.05) is 57.5 Å². The molecule has 5 heterocycles. The number of thiophene rings is 3. The van der Waals surface area contributed by atoms with Gasteiger partial charge in [-0.05, 0) is 48.5 Å². The molecule has 0 atom stereocenters. The van der Waals surface area contributed by atoms with E-state index in [0.717, 1.165) is 39.1 Å². The maximum Gasteiger partial charge on any atom is 0.333 e. The van der Waals surface area contributed by atoms with Gasteiger partial charge in [-0.25, -0.2) is 9.59 Å². The van der Waals surface area contributed by atoms with Crippen molar-refractivity contribution >= 4 is 81.8 Å². The first-order chi connectivity index (χ1) is 19.3. The van der Waals surface area contributed by atoms with Crippen molar-refractivity contribution in [2.24, 2.45) is 0 Å². The lowest BCUT2D eigenvalue weighted by atomic mass is 10.1. The Morgan fingerprint density at radius 2 is 0.795 bits per heavy atom. The van der Waals surface area contributed by atoms with Crippen molar-refractivity contribution in [2.45, 2.75) is 0 Å². The SMILES string of the molecule is [2H]C(=C1C(=O)N(C)C(=O)N(C)C1=O)c1ccc(-c2ccc(-c3ccc(C([2H])=C4C(=O)N(C)C(=O)N(C)C4=O)s3)s2)s1. The number of imide groups is 4. The number of rotatable bonds is 4. The van der Waals surface area contributed by atoms with Gasteiger partial charge in [-0.15, -0.1) is 34.0 Å². The number of hydrogen-bond donors (Lipinski definition) is 0. The van der Waals surface area contributed by atoms with E-state index in [-0.39, 0.29) is 23.3 Å². The molecule has 0 spiro atoms. The predicted octanol–water partition coefficient (Wildman–Crippen LogP) is 4.07. The fraction of sp³-hybridized carbons (Fsp3) is 0.154. The van der Waals surface area contributed by atoms with Crippen LogP contribution in [0.4, 0.5) is 9.59 Å². The molecule has 0 aromatic carbocycles. The number of urea groups is 2. The third-order valence-electron chi connectivity index (χ3n) is 6.02. The highest BCUT2D eigenvalue weighted by molar-refractivity contribution is 7.26. The molecule has 0 unspecified atom stereocenters. The summed E-state index contributed by atoms with van der Waals surface area (Å²) in [5, 5.41) is 0. The highest BCUT2D eigenvalue weighted by atomic mass is 32.1. The Bertz CT molecular complexity index is 1590. The maximum atomic E-state index is 12.6. The molecule has 0 bridgehead atoms. The average Bonchev–Trinajstić information content (AvgIpc) is 3.73. The largest absolute Gasteiger partial charge is 0.333 e. The van der Waals surface area contributed by atoms with Gasteiger partial charge in [0.2, 0.25) is 0 Å². The molecule has 0 radical (unpaired) electrons. The standard InChI is InChI=1S/C26H20N4O6S3/c1-27-21(31)15(22(32)28(2)25(27)35)11-13-5-7-17(37-13)19-9-10-20(39-19)18-8-6-14(38-18)12-16-23(33)29(3)26(36)30(4)24(16)34/h5-12H,1-4H3/i11D,12D. The van der Waals surface area contributed by atoms with E-state index in [1.165, 1.54) is 62.2 Å². The fourth-order valence-electron chi connectivity index (χ4n) is 3.79. The monoisotopic (exact) mass is 582 g/mol. The third-order valence-corrected chi connectivity index (χ3v) is 9.50. The molecule has 2 saturated heterocycles. The molecular formula is C26H20N4O6S3. The number of carbonyl (C=O) groups excluding carboxylic acids is 6. The van der Waals surface area contributed by atoms with E-state index in [1.54, 1.807) is 24.3 Å². The molecule has 5 rings (SSSR count). The Kier molecular flexibility index (Phi) is 6.02. The predicted molar refractivity (Wildman–Crippen MR) is 149 cm³/mol. The molecule has 0 saturated carbocycles. The van der Waals surface area contributed by atoms with Crippen LogP contribution in [-0.4, -0.2) is 83.5 Å². The van der Waals surface area contributed by atoms with E-state index < -0.39 is 35.7 Å². The van der Waals surface area contributed by atoms with Crippen LogP contribution in [0.1, 0.15) is 12.5 Å². The molecule has 2 fully saturated rings. The van der Waals surface area contributed by atoms with Gasteiger partial charge >= 0.3 is 12.1 Å². The maximum absolute atomic E-state index is 12.6. The smallest absolute Gasteiger partial charge is 0.268 e. The lowest BCUT2D eigenvalue weighted by molar-refractivity contribution is -0.135. The molecule has 10 nitrogen and oxygen atoms in total. The first-order valence-corrected chi connectivity index (χ1v) is 13.7. The average molecular weight is 583 g/mol. The van der Waals surface area contributed by atoms with Gasteiger partial charge in [-0.1, -0.05) is 0 Å². The zero-order valence-corrected chi connectivity index (χ0v) is 23.4. The van der Waals surface area contributed by atoms with Crippen molar-refractivity contribution in [1.29, 1.82) is 0 Å². The minimum atomic E-state index is -0.824. The van der Waals surface area contributed by atoms with Crippen LogP contribution in [0.15, 0.2) is 47.5 Å². The van der Waals surface area contributed by atoms with Crippen molar-refractivity contribution in [3.05, 3.63) is 57.3 Å². The summed E-state index contributed by atoms with van der Waals surface area (Å²) in [6.45, 7) is 0. The Morgan fingerprint density at radius 3 is 1.13 bits per heavy atom. The van der Waals surface area contributed by atoms with Crippen LogP contribution in [0.25, 0.3) is 31.6 Å². The number of likely N-dealkylation sites (N-methyl/N-ethyl adjacent to an activating group) is 4. The molecule has 0 N–H and O–H groups in total. The van der Waals surface area contributed by atoms with Gasteiger partial charge in [-0.3, -0.25) is 38.8 Å². The topological polar surface area (TPSA) is 115 Å². The Balaban J connectivity index is 1.42. The highest BCUT2D eigenvalue weighted by Gasteiger charge is 2.39. The second kappa shape index (κ2) is 9.84. The van der Waals surface area contributed by atoms with Crippen LogP contribution in [0.2, 0.25) is 0 Å². The van der Waals surface area contributed by atoms with Crippen molar-refractivity contribution < 1.29 is 31.5 Å². The Hall–Kier alpha value is -4.20. The normalized spacial score (nSPS) is 17.4.